The molecule has 0 aliphatic heterocycles. The van der Waals surface area contributed by atoms with Crippen molar-refractivity contribution in [2.75, 3.05) is 12.8 Å². The summed E-state index contributed by atoms with van der Waals surface area (Å²) >= 11 is 0. The minimum absolute atomic E-state index is 0.196. The smallest absolute Gasteiger partial charge is 0.303 e. The first-order valence-electron chi connectivity index (χ1n) is 7.43. The highest BCUT2D eigenvalue weighted by atomic mass is 32.2. The molecule has 1 aliphatic rings. The molecule has 1 aliphatic carbocycles. The molecule has 1 rings (SSSR count). The van der Waals surface area contributed by atoms with Crippen LogP contribution < -0.4 is 5.32 Å². The van der Waals surface area contributed by atoms with E-state index in [0.717, 1.165) is 32.2 Å². The van der Waals surface area contributed by atoms with Gasteiger partial charge >= 0.3 is 5.97 Å². The Morgan fingerprint density at radius 2 is 2.05 bits per heavy atom. The summed E-state index contributed by atoms with van der Waals surface area (Å²) in [5.41, 5.74) is 0. The van der Waals surface area contributed by atoms with E-state index >= 15 is 0 Å². The van der Waals surface area contributed by atoms with Crippen molar-refractivity contribution in [3.05, 3.63) is 0 Å². The summed E-state index contributed by atoms with van der Waals surface area (Å²) < 4.78 is 23.2. The van der Waals surface area contributed by atoms with E-state index in [1.807, 2.05) is 0 Å². The summed E-state index contributed by atoms with van der Waals surface area (Å²) in [6.45, 7) is 2.90. The SMILES string of the molecule is CC(CCNC1CCCC(S(C)(=O)=O)C1)CCC(=O)O. The van der Waals surface area contributed by atoms with Crippen molar-refractivity contribution in [2.45, 2.75) is 63.2 Å². The van der Waals surface area contributed by atoms with Gasteiger partial charge in [-0.25, -0.2) is 8.42 Å². The molecule has 20 heavy (non-hydrogen) atoms. The third kappa shape index (κ3) is 6.70. The Balaban J connectivity index is 2.23. The highest BCUT2D eigenvalue weighted by Gasteiger charge is 2.28. The second kappa shape index (κ2) is 7.98. The Labute approximate surface area is 122 Å². The lowest BCUT2D eigenvalue weighted by Crippen LogP contribution is -2.39. The molecule has 3 unspecified atom stereocenters. The molecule has 0 bridgehead atoms. The molecule has 6 heteroatoms. The van der Waals surface area contributed by atoms with Gasteiger partial charge in [0, 0.05) is 18.7 Å². The standard InChI is InChI=1S/C14H27NO4S/c1-11(6-7-14(16)17)8-9-15-12-4-3-5-13(10-12)20(2,18)19/h11-13,15H,3-10H2,1-2H3,(H,16,17). The van der Waals surface area contributed by atoms with Crippen molar-refractivity contribution in [3.63, 3.8) is 0 Å². The van der Waals surface area contributed by atoms with Crippen LogP contribution in [-0.2, 0) is 14.6 Å². The number of hydrogen-bond donors (Lipinski definition) is 2. The average molecular weight is 305 g/mol. The molecule has 0 amide bonds. The zero-order valence-corrected chi connectivity index (χ0v) is 13.3. The number of carboxylic acid groups (broad SMARTS) is 1. The van der Waals surface area contributed by atoms with Crippen LogP contribution >= 0.6 is 0 Å². The minimum atomic E-state index is -2.92. The van der Waals surface area contributed by atoms with E-state index in [0.29, 0.717) is 18.8 Å². The molecule has 1 saturated carbocycles. The lowest BCUT2D eigenvalue weighted by atomic mass is 9.94. The van der Waals surface area contributed by atoms with Crippen molar-refractivity contribution in [2.24, 2.45) is 5.92 Å². The minimum Gasteiger partial charge on any atom is -0.481 e. The van der Waals surface area contributed by atoms with E-state index in [2.05, 4.69) is 12.2 Å². The van der Waals surface area contributed by atoms with Crippen molar-refractivity contribution < 1.29 is 18.3 Å². The Hall–Kier alpha value is -0.620. The molecule has 1 fully saturated rings. The summed E-state index contributed by atoms with van der Waals surface area (Å²) in [4.78, 5) is 10.5. The molecule has 5 nitrogen and oxygen atoms in total. The first-order chi connectivity index (χ1) is 9.29. The zero-order valence-electron chi connectivity index (χ0n) is 12.5. The number of carbonyl (C=O) groups is 1. The summed E-state index contributed by atoms with van der Waals surface area (Å²) in [6, 6.07) is 0.287. The summed E-state index contributed by atoms with van der Waals surface area (Å²) in [6.07, 6.45) is 6.68. The van der Waals surface area contributed by atoms with Crippen molar-refractivity contribution in [3.8, 4) is 0 Å². The maximum absolute atomic E-state index is 11.6. The van der Waals surface area contributed by atoms with Crippen LogP contribution in [0.3, 0.4) is 0 Å². The van der Waals surface area contributed by atoms with E-state index < -0.39 is 15.8 Å². The molecular weight excluding hydrogens is 278 g/mol. The highest BCUT2D eigenvalue weighted by molar-refractivity contribution is 7.91. The van der Waals surface area contributed by atoms with E-state index in [4.69, 9.17) is 5.11 Å². The normalized spacial score (nSPS) is 25.3. The lowest BCUT2D eigenvalue weighted by molar-refractivity contribution is -0.137. The van der Waals surface area contributed by atoms with Crippen LogP contribution in [0.4, 0.5) is 0 Å². The van der Waals surface area contributed by atoms with Gasteiger partial charge in [-0.05, 0) is 44.6 Å². The Kier molecular flexibility index (Phi) is 6.95. The molecule has 0 heterocycles. The average Bonchev–Trinajstić information content (AvgIpc) is 2.36. The third-order valence-corrected chi connectivity index (χ3v) is 5.79. The molecule has 0 aromatic carbocycles. The highest BCUT2D eigenvalue weighted by Crippen LogP contribution is 2.24. The van der Waals surface area contributed by atoms with Gasteiger partial charge in [0.1, 0.15) is 9.84 Å². The number of nitrogens with one attached hydrogen (secondary N) is 1. The molecule has 0 saturated heterocycles. The molecule has 0 aromatic rings. The summed E-state index contributed by atoms with van der Waals surface area (Å²) in [5.74, 6) is -0.360. The number of aliphatic carboxylic acids is 1. The van der Waals surface area contributed by atoms with Gasteiger partial charge in [-0.2, -0.15) is 0 Å². The van der Waals surface area contributed by atoms with Crippen LogP contribution in [0.1, 0.15) is 51.9 Å². The maximum atomic E-state index is 11.6. The zero-order chi connectivity index (χ0) is 15.2. The van der Waals surface area contributed by atoms with Gasteiger partial charge in [0.15, 0.2) is 0 Å². The van der Waals surface area contributed by atoms with Crippen molar-refractivity contribution >= 4 is 15.8 Å². The van der Waals surface area contributed by atoms with Crippen LogP contribution in [0.5, 0.6) is 0 Å². The molecule has 0 aromatic heterocycles. The van der Waals surface area contributed by atoms with E-state index in [9.17, 15) is 13.2 Å². The number of hydrogen-bond acceptors (Lipinski definition) is 4. The molecule has 0 radical (unpaired) electrons. The fraction of sp³-hybridized carbons (Fsp3) is 0.929. The van der Waals surface area contributed by atoms with Crippen LogP contribution in [0.2, 0.25) is 0 Å². The quantitative estimate of drug-likeness (QED) is 0.714. The number of carboxylic acids is 1. The first-order valence-corrected chi connectivity index (χ1v) is 9.38. The van der Waals surface area contributed by atoms with Gasteiger partial charge < -0.3 is 10.4 Å². The van der Waals surface area contributed by atoms with Gasteiger partial charge in [-0.15, -0.1) is 0 Å². The second-order valence-corrected chi connectivity index (χ2v) is 8.42. The molecule has 2 N–H and O–H groups in total. The molecular formula is C14H27NO4S. The van der Waals surface area contributed by atoms with E-state index in [-0.39, 0.29) is 17.7 Å². The van der Waals surface area contributed by atoms with Gasteiger partial charge in [0.25, 0.3) is 0 Å². The predicted molar refractivity (Wildman–Crippen MR) is 79.5 cm³/mol. The van der Waals surface area contributed by atoms with Crippen LogP contribution in [-0.4, -0.2) is 43.6 Å². The fourth-order valence-corrected chi connectivity index (χ4v) is 3.94. The second-order valence-electron chi connectivity index (χ2n) is 6.10. The monoisotopic (exact) mass is 305 g/mol. The van der Waals surface area contributed by atoms with Crippen LogP contribution in [0.15, 0.2) is 0 Å². The first kappa shape index (κ1) is 17.4. The van der Waals surface area contributed by atoms with Crippen molar-refractivity contribution in [1.29, 1.82) is 0 Å². The topological polar surface area (TPSA) is 83.5 Å². The van der Waals surface area contributed by atoms with E-state index in [1.165, 1.54) is 6.26 Å². The van der Waals surface area contributed by atoms with Gasteiger partial charge in [-0.3, -0.25) is 4.79 Å². The third-order valence-electron chi connectivity index (χ3n) is 4.15. The van der Waals surface area contributed by atoms with Crippen molar-refractivity contribution in [1.82, 2.24) is 5.32 Å². The Bertz CT molecular complexity index is 407. The van der Waals surface area contributed by atoms with Crippen LogP contribution in [0.25, 0.3) is 0 Å². The molecule has 118 valence electrons. The summed E-state index contributed by atoms with van der Waals surface area (Å²) in [5, 5.41) is 11.9. The number of rotatable bonds is 8. The Morgan fingerprint density at radius 3 is 2.65 bits per heavy atom. The molecule has 0 spiro atoms. The summed E-state index contributed by atoms with van der Waals surface area (Å²) in [7, 11) is -2.92. The molecule has 3 atom stereocenters. The van der Waals surface area contributed by atoms with Gasteiger partial charge in [0.2, 0.25) is 0 Å². The predicted octanol–water partition coefficient (Wildman–Crippen LogP) is 1.82. The van der Waals surface area contributed by atoms with E-state index in [1.54, 1.807) is 0 Å². The Morgan fingerprint density at radius 1 is 1.35 bits per heavy atom. The maximum Gasteiger partial charge on any atom is 0.303 e. The lowest BCUT2D eigenvalue weighted by Gasteiger charge is -2.29. The van der Waals surface area contributed by atoms with Crippen LogP contribution in [0, 0.1) is 5.92 Å². The van der Waals surface area contributed by atoms with Gasteiger partial charge in [-0.1, -0.05) is 13.3 Å². The van der Waals surface area contributed by atoms with Gasteiger partial charge in [0.05, 0.1) is 5.25 Å². The fourth-order valence-electron chi connectivity index (χ4n) is 2.77. The largest absolute Gasteiger partial charge is 0.481 e. The number of sulfone groups is 1.